The van der Waals surface area contributed by atoms with E-state index in [9.17, 15) is 13.2 Å². The monoisotopic (exact) mass is 321 g/mol. The molecule has 0 saturated carbocycles. The maximum atomic E-state index is 12.6. The standard InChI is InChI=1S/C15H19N3O3S/c1-12-10-22(20,21)8-4-7-18(12)15(19)9-17-11-16-13-5-2-3-6-14(13)17/h2-3,5-6,11-12H,4,7-10H2,1H3. The number of hydrogen-bond acceptors (Lipinski definition) is 4. The summed E-state index contributed by atoms with van der Waals surface area (Å²) in [5.74, 6) is 0.145. The molecule has 2 aromatic rings. The van der Waals surface area contributed by atoms with Gasteiger partial charge in [-0.15, -0.1) is 0 Å². The number of benzene rings is 1. The summed E-state index contributed by atoms with van der Waals surface area (Å²) in [6.45, 7) is 2.48. The van der Waals surface area contributed by atoms with Gasteiger partial charge in [-0.3, -0.25) is 4.79 Å². The number of amides is 1. The molecular formula is C15H19N3O3S. The van der Waals surface area contributed by atoms with Crippen LogP contribution in [-0.2, 0) is 21.2 Å². The zero-order valence-corrected chi connectivity index (χ0v) is 13.3. The number of carbonyl (C=O) groups is 1. The summed E-state index contributed by atoms with van der Waals surface area (Å²) in [6.07, 6.45) is 2.16. The number of imidazole rings is 1. The minimum Gasteiger partial charge on any atom is -0.337 e. The maximum absolute atomic E-state index is 12.6. The van der Waals surface area contributed by atoms with Crippen molar-refractivity contribution in [1.29, 1.82) is 0 Å². The fourth-order valence-electron chi connectivity index (χ4n) is 2.96. The van der Waals surface area contributed by atoms with Crippen molar-refractivity contribution >= 4 is 26.8 Å². The fraction of sp³-hybridized carbons (Fsp3) is 0.467. The topological polar surface area (TPSA) is 72.3 Å². The van der Waals surface area contributed by atoms with Crippen LogP contribution in [0, 0.1) is 0 Å². The van der Waals surface area contributed by atoms with Gasteiger partial charge < -0.3 is 9.47 Å². The Morgan fingerprint density at radius 1 is 1.36 bits per heavy atom. The highest BCUT2D eigenvalue weighted by Gasteiger charge is 2.28. The van der Waals surface area contributed by atoms with Crippen LogP contribution in [0.25, 0.3) is 11.0 Å². The van der Waals surface area contributed by atoms with E-state index in [4.69, 9.17) is 0 Å². The van der Waals surface area contributed by atoms with Crippen molar-refractivity contribution < 1.29 is 13.2 Å². The molecule has 0 bridgehead atoms. The molecule has 1 aliphatic heterocycles. The van der Waals surface area contributed by atoms with Gasteiger partial charge >= 0.3 is 0 Å². The van der Waals surface area contributed by atoms with Crippen molar-refractivity contribution in [3.8, 4) is 0 Å². The van der Waals surface area contributed by atoms with Crippen molar-refractivity contribution in [2.75, 3.05) is 18.1 Å². The first-order valence-electron chi connectivity index (χ1n) is 7.36. The van der Waals surface area contributed by atoms with Crippen molar-refractivity contribution in [3.05, 3.63) is 30.6 Å². The molecule has 118 valence electrons. The van der Waals surface area contributed by atoms with Crippen LogP contribution >= 0.6 is 0 Å². The van der Waals surface area contributed by atoms with Gasteiger partial charge in [0.15, 0.2) is 9.84 Å². The number of carbonyl (C=O) groups excluding carboxylic acids is 1. The van der Waals surface area contributed by atoms with Crippen LogP contribution in [0.15, 0.2) is 30.6 Å². The molecule has 1 fully saturated rings. The number of para-hydroxylation sites is 2. The Bertz CT molecular complexity index is 797. The first-order valence-corrected chi connectivity index (χ1v) is 9.18. The van der Waals surface area contributed by atoms with E-state index in [-0.39, 0.29) is 30.0 Å². The molecule has 22 heavy (non-hydrogen) atoms. The molecule has 0 N–H and O–H groups in total. The molecular weight excluding hydrogens is 302 g/mol. The third-order valence-corrected chi connectivity index (χ3v) is 5.94. The molecule has 1 saturated heterocycles. The molecule has 0 aliphatic carbocycles. The largest absolute Gasteiger partial charge is 0.337 e. The van der Waals surface area contributed by atoms with E-state index in [2.05, 4.69) is 4.98 Å². The Morgan fingerprint density at radius 3 is 2.95 bits per heavy atom. The lowest BCUT2D eigenvalue weighted by Gasteiger charge is -2.26. The SMILES string of the molecule is CC1CS(=O)(=O)CCCN1C(=O)Cn1cnc2ccccc21. The molecule has 1 aromatic heterocycles. The van der Waals surface area contributed by atoms with Gasteiger partial charge in [-0.1, -0.05) is 12.1 Å². The van der Waals surface area contributed by atoms with Crippen molar-refractivity contribution in [2.45, 2.75) is 25.9 Å². The van der Waals surface area contributed by atoms with E-state index in [1.54, 1.807) is 18.2 Å². The Balaban J connectivity index is 1.79. The molecule has 1 amide bonds. The number of aromatic nitrogens is 2. The number of sulfone groups is 1. The second kappa shape index (κ2) is 5.72. The third kappa shape index (κ3) is 2.99. The molecule has 2 heterocycles. The summed E-state index contributed by atoms with van der Waals surface area (Å²) < 4.78 is 25.4. The van der Waals surface area contributed by atoms with E-state index in [0.29, 0.717) is 13.0 Å². The summed E-state index contributed by atoms with van der Waals surface area (Å²) in [4.78, 5) is 18.5. The van der Waals surface area contributed by atoms with Crippen LogP contribution < -0.4 is 0 Å². The second-order valence-corrected chi connectivity index (χ2v) is 7.99. The summed E-state index contributed by atoms with van der Waals surface area (Å²) in [6, 6.07) is 7.36. The van der Waals surface area contributed by atoms with Gasteiger partial charge in [0, 0.05) is 12.6 Å². The zero-order chi connectivity index (χ0) is 15.7. The summed E-state index contributed by atoms with van der Waals surface area (Å²) in [5.41, 5.74) is 1.76. The minimum atomic E-state index is -3.04. The maximum Gasteiger partial charge on any atom is 0.242 e. The van der Waals surface area contributed by atoms with Gasteiger partial charge in [0.25, 0.3) is 0 Å². The Morgan fingerprint density at radius 2 is 2.14 bits per heavy atom. The van der Waals surface area contributed by atoms with Gasteiger partial charge in [-0.25, -0.2) is 13.4 Å². The number of nitrogens with zero attached hydrogens (tertiary/aromatic N) is 3. The zero-order valence-electron chi connectivity index (χ0n) is 12.5. The molecule has 1 atom stereocenters. The van der Waals surface area contributed by atoms with Crippen molar-refractivity contribution in [3.63, 3.8) is 0 Å². The lowest BCUT2D eigenvalue weighted by molar-refractivity contribution is -0.133. The van der Waals surface area contributed by atoms with E-state index in [1.807, 2.05) is 28.8 Å². The van der Waals surface area contributed by atoms with Crippen molar-refractivity contribution in [2.24, 2.45) is 0 Å². The lowest BCUT2D eigenvalue weighted by Crippen LogP contribution is -2.42. The van der Waals surface area contributed by atoms with Crippen LogP contribution in [0.3, 0.4) is 0 Å². The van der Waals surface area contributed by atoms with E-state index >= 15 is 0 Å². The van der Waals surface area contributed by atoms with Gasteiger partial charge in [0.1, 0.15) is 6.54 Å². The Hall–Kier alpha value is -1.89. The molecule has 1 aromatic carbocycles. The number of hydrogen-bond donors (Lipinski definition) is 0. The second-order valence-electron chi connectivity index (χ2n) is 5.77. The lowest BCUT2D eigenvalue weighted by atomic mass is 10.2. The third-order valence-electron chi connectivity index (χ3n) is 4.03. The fourth-order valence-corrected chi connectivity index (χ4v) is 4.61. The quantitative estimate of drug-likeness (QED) is 0.829. The molecule has 1 unspecified atom stereocenters. The summed E-state index contributed by atoms with van der Waals surface area (Å²) in [5, 5.41) is 0. The van der Waals surface area contributed by atoms with Crippen LogP contribution in [-0.4, -0.2) is 52.9 Å². The predicted octanol–water partition coefficient (Wildman–Crippen LogP) is 1.07. The van der Waals surface area contributed by atoms with Gasteiger partial charge in [0.05, 0.1) is 28.9 Å². The highest BCUT2D eigenvalue weighted by molar-refractivity contribution is 7.91. The van der Waals surface area contributed by atoms with E-state index in [1.165, 1.54) is 0 Å². The molecule has 7 heteroatoms. The number of fused-ring (bicyclic) bond motifs is 1. The van der Waals surface area contributed by atoms with Crippen LogP contribution in [0.2, 0.25) is 0 Å². The molecule has 6 nitrogen and oxygen atoms in total. The smallest absolute Gasteiger partial charge is 0.242 e. The first kappa shape index (κ1) is 15.0. The molecule has 0 radical (unpaired) electrons. The highest BCUT2D eigenvalue weighted by atomic mass is 32.2. The summed E-state index contributed by atoms with van der Waals surface area (Å²) >= 11 is 0. The average Bonchev–Trinajstić information content (AvgIpc) is 2.79. The number of rotatable bonds is 2. The molecule has 0 spiro atoms. The van der Waals surface area contributed by atoms with Crippen LogP contribution in [0.1, 0.15) is 13.3 Å². The normalized spacial score (nSPS) is 21.7. The van der Waals surface area contributed by atoms with E-state index in [0.717, 1.165) is 11.0 Å². The Kier molecular flexibility index (Phi) is 3.90. The average molecular weight is 321 g/mol. The highest BCUT2D eigenvalue weighted by Crippen LogP contribution is 2.15. The van der Waals surface area contributed by atoms with Crippen LogP contribution in [0.5, 0.6) is 0 Å². The van der Waals surface area contributed by atoms with E-state index < -0.39 is 9.84 Å². The van der Waals surface area contributed by atoms with Gasteiger partial charge in [-0.05, 0) is 25.5 Å². The van der Waals surface area contributed by atoms with Gasteiger partial charge in [-0.2, -0.15) is 0 Å². The van der Waals surface area contributed by atoms with Gasteiger partial charge in [0.2, 0.25) is 5.91 Å². The Labute approximate surface area is 129 Å². The predicted molar refractivity (Wildman–Crippen MR) is 84.2 cm³/mol. The molecule has 3 rings (SSSR count). The van der Waals surface area contributed by atoms with Crippen molar-refractivity contribution in [1.82, 2.24) is 14.5 Å². The minimum absolute atomic E-state index is 0.0451. The summed E-state index contributed by atoms with van der Waals surface area (Å²) in [7, 11) is -3.04. The first-order chi connectivity index (χ1) is 10.5. The van der Waals surface area contributed by atoms with Crippen LogP contribution in [0.4, 0.5) is 0 Å². The molecule has 1 aliphatic rings.